The highest BCUT2D eigenvalue weighted by Gasteiger charge is 2.21. The summed E-state index contributed by atoms with van der Waals surface area (Å²) in [5.74, 6) is -1.22. The van der Waals surface area contributed by atoms with Gasteiger partial charge in [0.15, 0.2) is 0 Å². The molecule has 3 rings (SSSR count). The molecule has 0 atom stereocenters. The molecule has 0 bridgehead atoms. The molecular formula is C18H17N3O4. The second kappa shape index (κ2) is 7.04. The van der Waals surface area contributed by atoms with Crippen molar-refractivity contribution < 1.29 is 19.5 Å². The molecule has 1 heterocycles. The Kier molecular flexibility index (Phi) is 4.65. The fourth-order valence-electron chi connectivity index (χ4n) is 2.56. The third-order valence-electron chi connectivity index (χ3n) is 3.95. The second-order valence-electron chi connectivity index (χ2n) is 5.62. The van der Waals surface area contributed by atoms with Crippen LogP contribution in [0.2, 0.25) is 0 Å². The van der Waals surface area contributed by atoms with E-state index >= 15 is 0 Å². The number of carbonyl (C=O) groups is 3. The molecule has 128 valence electrons. The van der Waals surface area contributed by atoms with Gasteiger partial charge in [0.25, 0.3) is 5.91 Å². The topological polar surface area (TPSA) is 98.7 Å². The van der Waals surface area contributed by atoms with Gasteiger partial charge in [0.05, 0.1) is 5.56 Å². The van der Waals surface area contributed by atoms with Crippen molar-refractivity contribution in [2.24, 2.45) is 0 Å². The van der Waals surface area contributed by atoms with Crippen molar-refractivity contribution in [1.82, 2.24) is 10.6 Å². The van der Waals surface area contributed by atoms with E-state index in [2.05, 4.69) is 10.6 Å². The number of anilines is 1. The highest BCUT2D eigenvalue weighted by atomic mass is 16.4. The maximum absolute atomic E-state index is 12.2. The van der Waals surface area contributed by atoms with Crippen molar-refractivity contribution in [2.45, 2.75) is 6.54 Å². The number of carbonyl (C=O) groups excluding carboxylic acids is 2. The summed E-state index contributed by atoms with van der Waals surface area (Å²) >= 11 is 0. The smallest absolute Gasteiger partial charge is 0.335 e. The van der Waals surface area contributed by atoms with E-state index in [0.717, 1.165) is 11.3 Å². The Balaban J connectivity index is 1.59. The van der Waals surface area contributed by atoms with E-state index < -0.39 is 5.97 Å². The van der Waals surface area contributed by atoms with Crippen molar-refractivity contribution >= 4 is 23.6 Å². The minimum Gasteiger partial charge on any atom is -0.478 e. The lowest BCUT2D eigenvalue weighted by molar-refractivity contribution is 0.0696. The fourth-order valence-corrected chi connectivity index (χ4v) is 2.56. The van der Waals surface area contributed by atoms with Gasteiger partial charge in [0.1, 0.15) is 0 Å². The third kappa shape index (κ3) is 3.77. The number of hydrogen-bond donors (Lipinski definition) is 3. The number of aromatic carboxylic acids is 1. The van der Waals surface area contributed by atoms with Crippen LogP contribution in [0.1, 0.15) is 26.3 Å². The van der Waals surface area contributed by atoms with Gasteiger partial charge in [0, 0.05) is 30.9 Å². The van der Waals surface area contributed by atoms with Gasteiger partial charge in [-0.05, 0) is 42.0 Å². The van der Waals surface area contributed by atoms with E-state index in [9.17, 15) is 14.4 Å². The Bertz CT molecular complexity index is 800. The van der Waals surface area contributed by atoms with E-state index in [0.29, 0.717) is 25.2 Å². The number of benzene rings is 2. The number of carboxylic acids is 1. The third-order valence-corrected chi connectivity index (χ3v) is 3.95. The number of amides is 3. The van der Waals surface area contributed by atoms with E-state index in [1.807, 2.05) is 0 Å². The first-order valence-corrected chi connectivity index (χ1v) is 7.80. The van der Waals surface area contributed by atoms with Crippen LogP contribution in [0.25, 0.3) is 0 Å². The lowest BCUT2D eigenvalue weighted by Crippen LogP contribution is -2.27. The molecule has 0 aromatic heterocycles. The van der Waals surface area contributed by atoms with Crippen LogP contribution < -0.4 is 15.5 Å². The number of rotatable bonds is 5. The SMILES string of the molecule is O=C(O)c1ccc(CNC(=O)c2ccc(N3CCNC3=O)cc2)cc1. The first-order valence-electron chi connectivity index (χ1n) is 7.80. The average molecular weight is 339 g/mol. The zero-order valence-electron chi connectivity index (χ0n) is 13.4. The van der Waals surface area contributed by atoms with Gasteiger partial charge in [-0.2, -0.15) is 0 Å². The lowest BCUT2D eigenvalue weighted by Gasteiger charge is -2.14. The molecule has 0 aliphatic carbocycles. The van der Waals surface area contributed by atoms with Crippen LogP contribution in [-0.4, -0.2) is 36.1 Å². The summed E-state index contributed by atoms with van der Waals surface area (Å²) in [5.41, 5.74) is 2.25. The summed E-state index contributed by atoms with van der Waals surface area (Å²) in [6.45, 7) is 1.52. The molecule has 25 heavy (non-hydrogen) atoms. The van der Waals surface area contributed by atoms with E-state index in [4.69, 9.17) is 5.11 Å². The molecule has 3 amide bonds. The molecule has 0 spiro atoms. The summed E-state index contributed by atoms with van der Waals surface area (Å²) in [4.78, 5) is 36.2. The Hall–Kier alpha value is -3.35. The van der Waals surface area contributed by atoms with Crippen molar-refractivity contribution in [3.8, 4) is 0 Å². The molecule has 3 N–H and O–H groups in total. The van der Waals surface area contributed by atoms with Gasteiger partial charge >= 0.3 is 12.0 Å². The lowest BCUT2D eigenvalue weighted by atomic mass is 10.1. The number of hydrogen-bond acceptors (Lipinski definition) is 3. The maximum Gasteiger partial charge on any atom is 0.335 e. The number of carboxylic acid groups (broad SMARTS) is 1. The van der Waals surface area contributed by atoms with Crippen molar-refractivity contribution in [3.63, 3.8) is 0 Å². The van der Waals surface area contributed by atoms with Crippen molar-refractivity contribution in [2.75, 3.05) is 18.0 Å². The summed E-state index contributed by atoms with van der Waals surface area (Å²) in [6.07, 6.45) is 0. The average Bonchev–Trinajstić information content (AvgIpc) is 3.06. The molecule has 0 saturated carbocycles. The molecule has 1 aliphatic rings. The first kappa shape index (κ1) is 16.5. The molecule has 1 saturated heterocycles. The zero-order chi connectivity index (χ0) is 17.8. The molecule has 2 aromatic rings. The highest BCUT2D eigenvalue weighted by molar-refractivity contribution is 5.97. The molecule has 1 fully saturated rings. The fraction of sp³-hybridized carbons (Fsp3) is 0.167. The molecule has 0 radical (unpaired) electrons. The molecule has 7 heteroatoms. The van der Waals surface area contributed by atoms with Crippen LogP contribution in [0.3, 0.4) is 0 Å². The highest BCUT2D eigenvalue weighted by Crippen LogP contribution is 2.17. The van der Waals surface area contributed by atoms with Crippen LogP contribution >= 0.6 is 0 Å². The standard InChI is InChI=1S/C18H17N3O4/c22-16(20-11-12-1-3-14(4-2-12)17(23)24)13-5-7-15(8-6-13)21-10-9-19-18(21)25/h1-8H,9-11H2,(H,19,25)(H,20,22)(H,23,24). The number of urea groups is 1. The minimum atomic E-state index is -0.984. The molecular weight excluding hydrogens is 322 g/mol. The van der Waals surface area contributed by atoms with Crippen LogP contribution in [-0.2, 0) is 6.54 Å². The van der Waals surface area contributed by atoms with Gasteiger partial charge in [0.2, 0.25) is 0 Å². The first-order chi connectivity index (χ1) is 12.0. The van der Waals surface area contributed by atoms with Gasteiger partial charge in [-0.15, -0.1) is 0 Å². The normalized spacial score (nSPS) is 13.4. The Morgan fingerprint density at radius 3 is 2.24 bits per heavy atom. The van der Waals surface area contributed by atoms with Crippen molar-refractivity contribution in [1.29, 1.82) is 0 Å². The van der Waals surface area contributed by atoms with Gasteiger partial charge in [-0.25, -0.2) is 9.59 Å². The van der Waals surface area contributed by atoms with Crippen LogP contribution in [0, 0.1) is 0 Å². The van der Waals surface area contributed by atoms with Crippen LogP contribution in [0.15, 0.2) is 48.5 Å². The molecule has 1 aliphatic heterocycles. The molecule has 7 nitrogen and oxygen atoms in total. The Labute approximate surface area is 144 Å². The van der Waals surface area contributed by atoms with Gasteiger partial charge in [-0.3, -0.25) is 9.69 Å². The summed E-state index contributed by atoms with van der Waals surface area (Å²) in [5, 5.41) is 14.4. The molecule has 0 unspecified atom stereocenters. The summed E-state index contributed by atoms with van der Waals surface area (Å²) in [6, 6.07) is 13.0. The predicted molar refractivity (Wildman–Crippen MR) is 91.8 cm³/mol. The molecule has 2 aromatic carbocycles. The van der Waals surface area contributed by atoms with E-state index in [1.54, 1.807) is 41.3 Å². The largest absolute Gasteiger partial charge is 0.478 e. The van der Waals surface area contributed by atoms with E-state index in [-0.39, 0.29) is 17.5 Å². The Morgan fingerprint density at radius 1 is 1.04 bits per heavy atom. The maximum atomic E-state index is 12.2. The van der Waals surface area contributed by atoms with Crippen molar-refractivity contribution in [3.05, 3.63) is 65.2 Å². The van der Waals surface area contributed by atoms with Gasteiger partial charge in [-0.1, -0.05) is 12.1 Å². The van der Waals surface area contributed by atoms with E-state index in [1.165, 1.54) is 12.1 Å². The van der Waals surface area contributed by atoms with Crippen LogP contribution in [0.5, 0.6) is 0 Å². The minimum absolute atomic E-state index is 0.137. The Morgan fingerprint density at radius 2 is 1.68 bits per heavy atom. The monoisotopic (exact) mass is 339 g/mol. The zero-order valence-corrected chi connectivity index (χ0v) is 13.4. The quantitative estimate of drug-likeness (QED) is 0.774. The number of nitrogens with zero attached hydrogens (tertiary/aromatic N) is 1. The second-order valence-corrected chi connectivity index (χ2v) is 5.62. The van der Waals surface area contributed by atoms with Gasteiger partial charge < -0.3 is 15.7 Å². The summed E-state index contributed by atoms with van der Waals surface area (Å²) < 4.78 is 0. The number of nitrogens with one attached hydrogen (secondary N) is 2. The van der Waals surface area contributed by atoms with Crippen LogP contribution in [0.4, 0.5) is 10.5 Å². The predicted octanol–water partition coefficient (Wildman–Crippen LogP) is 1.84. The summed E-state index contributed by atoms with van der Waals surface area (Å²) in [7, 11) is 0.